The summed E-state index contributed by atoms with van der Waals surface area (Å²) in [5.74, 6) is 2.33. The molecule has 0 radical (unpaired) electrons. The minimum atomic E-state index is -0.295. The molecule has 3 aromatic carbocycles. The number of aromatic nitrogens is 1. The zero-order valence-electron chi connectivity index (χ0n) is 20.2. The quantitative estimate of drug-likeness (QED) is 0.302. The first-order valence-electron chi connectivity index (χ1n) is 11.5. The van der Waals surface area contributed by atoms with E-state index in [0.29, 0.717) is 71.1 Å². The minimum absolute atomic E-state index is 0.295. The monoisotopic (exact) mass is 476 g/mol. The Labute approximate surface area is 203 Å². The fraction of sp³-hybridized carbons (Fsp3) is 0.259. The van der Waals surface area contributed by atoms with Gasteiger partial charge in [0, 0.05) is 22.9 Å². The van der Waals surface area contributed by atoms with Gasteiger partial charge in [-0.25, -0.2) is 4.98 Å². The Bertz CT molecular complexity index is 1290. The van der Waals surface area contributed by atoms with E-state index in [2.05, 4.69) is 10.3 Å². The number of benzene rings is 3. The topological polar surface area (TPSA) is 92.1 Å². The average Bonchev–Trinajstić information content (AvgIpc) is 3.30. The summed E-state index contributed by atoms with van der Waals surface area (Å²) in [5.41, 5.74) is 3.20. The molecular formula is C27H28N2O6. The molecule has 35 heavy (non-hydrogen) atoms. The van der Waals surface area contributed by atoms with Crippen LogP contribution in [-0.2, 0) is 0 Å². The van der Waals surface area contributed by atoms with Crippen molar-refractivity contribution in [1.29, 1.82) is 0 Å². The van der Waals surface area contributed by atoms with E-state index in [0.717, 1.165) is 5.56 Å². The predicted molar refractivity (Wildman–Crippen MR) is 134 cm³/mol. The molecule has 0 atom stereocenters. The van der Waals surface area contributed by atoms with E-state index < -0.39 is 0 Å². The first-order chi connectivity index (χ1) is 17.1. The van der Waals surface area contributed by atoms with Crippen molar-refractivity contribution in [3.63, 3.8) is 0 Å². The maximum atomic E-state index is 13.0. The molecule has 182 valence electrons. The third-order valence-corrected chi connectivity index (χ3v) is 5.16. The number of rotatable bonds is 10. The zero-order valence-corrected chi connectivity index (χ0v) is 20.2. The maximum Gasteiger partial charge on any atom is 0.255 e. The van der Waals surface area contributed by atoms with Crippen LogP contribution in [0.1, 0.15) is 31.1 Å². The molecule has 0 saturated carbocycles. The third-order valence-electron chi connectivity index (χ3n) is 5.16. The van der Waals surface area contributed by atoms with Crippen molar-refractivity contribution in [3.05, 3.63) is 60.2 Å². The van der Waals surface area contributed by atoms with E-state index in [4.69, 9.17) is 23.4 Å². The first-order valence-corrected chi connectivity index (χ1v) is 11.5. The third kappa shape index (κ3) is 5.32. The molecule has 0 saturated heterocycles. The van der Waals surface area contributed by atoms with Gasteiger partial charge in [0.25, 0.3) is 5.91 Å². The number of carbonyl (C=O) groups is 1. The van der Waals surface area contributed by atoms with Gasteiger partial charge in [-0.05, 0) is 69.3 Å². The molecule has 8 heteroatoms. The van der Waals surface area contributed by atoms with Crippen LogP contribution >= 0.6 is 0 Å². The number of hydrogen-bond donors (Lipinski definition) is 1. The molecule has 1 aromatic heterocycles. The summed E-state index contributed by atoms with van der Waals surface area (Å²) >= 11 is 0. The summed E-state index contributed by atoms with van der Waals surface area (Å²) in [6.45, 7) is 6.94. The van der Waals surface area contributed by atoms with Crippen LogP contribution in [0.5, 0.6) is 23.0 Å². The highest BCUT2D eigenvalue weighted by atomic mass is 16.5. The highest BCUT2D eigenvalue weighted by Gasteiger charge is 2.19. The van der Waals surface area contributed by atoms with Crippen molar-refractivity contribution in [3.8, 4) is 34.5 Å². The molecule has 0 bridgehead atoms. The maximum absolute atomic E-state index is 13.0. The van der Waals surface area contributed by atoms with Gasteiger partial charge in [0.15, 0.2) is 17.1 Å². The van der Waals surface area contributed by atoms with E-state index in [1.165, 1.54) is 0 Å². The number of amides is 1. The molecular weight excluding hydrogens is 448 g/mol. The second-order valence-corrected chi connectivity index (χ2v) is 7.48. The lowest BCUT2D eigenvalue weighted by Gasteiger charge is -2.17. The summed E-state index contributed by atoms with van der Waals surface area (Å²) in [6.07, 6.45) is 0. The van der Waals surface area contributed by atoms with Crippen molar-refractivity contribution in [2.75, 3.05) is 32.2 Å². The molecule has 0 unspecified atom stereocenters. The van der Waals surface area contributed by atoms with Gasteiger partial charge in [-0.15, -0.1) is 0 Å². The summed E-state index contributed by atoms with van der Waals surface area (Å²) in [5, 5.41) is 2.91. The van der Waals surface area contributed by atoms with Gasteiger partial charge in [-0.3, -0.25) is 4.79 Å². The number of oxazole rings is 1. The highest BCUT2D eigenvalue weighted by molar-refractivity contribution is 6.05. The smallest absolute Gasteiger partial charge is 0.255 e. The highest BCUT2D eigenvalue weighted by Crippen LogP contribution is 2.39. The van der Waals surface area contributed by atoms with Crippen LogP contribution in [0.25, 0.3) is 22.6 Å². The Morgan fingerprint density at radius 1 is 0.886 bits per heavy atom. The number of hydrogen-bond acceptors (Lipinski definition) is 7. The van der Waals surface area contributed by atoms with E-state index >= 15 is 0 Å². The molecule has 8 nitrogen and oxygen atoms in total. The predicted octanol–water partition coefficient (Wildman–Crippen LogP) is 5.95. The van der Waals surface area contributed by atoms with Crippen LogP contribution in [0.15, 0.2) is 59.0 Å². The van der Waals surface area contributed by atoms with Gasteiger partial charge in [-0.2, -0.15) is 0 Å². The van der Waals surface area contributed by atoms with Crippen LogP contribution in [0.2, 0.25) is 0 Å². The molecule has 4 aromatic rings. The first kappa shape index (κ1) is 23.9. The number of anilines is 1. The Morgan fingerprint density at radius 3 is 2.14 bits per heavy atom. The second-order valence-electron chi connectivity index (χ2n) is 7.48. The lowest BCUT2D eigenvalue weighted by Crippen LogP contribution is -2.13. The SMILES string of the molecule is CCOc1cc(C(=O)Nc2ccc(-c3nc4cc(OC)ccc4o3)cc2)cc(OCC)c1OCC. The Balaban J connectivity index is 1.55. The summed E-state index contributed by atoms with van der Waals surface area (Å²) in [6, 6.07) is 16.1. The van der Waals surface area contributed by atoms with Gasteiger partial charge >= 0.3 is 0 Å². The number of carbonyl (C=O) groups excluding carboxylic acids is 1. The van der Waals surface area contributed by atoms with E-state index in [1.807, 2.05) is 51.1 Å². The second kappa shape index (κ2) is 10.8. The molecule has 1 heterocycles. The summed E-state index contributed by atoms with van der Waals surface area (Å²) in [7, 11) is 1.61. The van der Waals surface area contributed by atoms with Crippen molar-refractivity contribution < 1.29 is 28.2 Å². The van der Waals surface area contributed by atoms with Crippen LogP contribution < -0.4 is 24.3 Å². The van der Waals surface area contributed by atoms with Gasteiger partial charge in [-0.1, -0.05) is 0 Å². The molecule has 0 aliphatic rings. The van der Waals surface area contributed by atoms with Crippen LogP contribution in [0.4, 0.5) is 5.69 Å². The van der Waals surface area contributed by atoms with Gasteiger partial charge in [0.2, 0.25) is 11.6 Å². The number of fused-ring (bicyclic) bond motifs is 1. The zero-order chi connectivity index (χ0) is 24.8. The van der Waals surface area contributed by atoms with E-state index in [-0.39, 0.29) is 5.91 Å². The fourth-order valence-corrected chi connectivity index (χ4v) is 3.58. The largest absolute Gasteiger partial charge is 0.497 e. The lowest BCUT2D eigenvalue weighted by atomic mass is 10.1. The van der Waals surface area contributed by atoms with Crippen molar-refractivity contribution in [2.24, 2.45) is 0 Å². The van der Waals surface area contributed by atoms with Crippen LogP contribution in [-0.4, -0.2) is 37.8 Å². The number of ether oxygens (including phenoxy) is 4. The standard InChI is InChI=1S/C27H28N2O6/c1-5-32-23-14-18(15-24(33-6-2)25(23)34-7-3)26(30)28-19-10-8-17(9-11-19)27-29-21-16-20(31-4)12-13-22(21)35-27/h8-16H,5-7H2,1-4H3,(H,28,30). The van der Waals surface area contributed by atoms with E-state index in [1.54, 1.807) is 31.4 Å². The number of nitrogens with zero attached hydrogens (tertiary/aromatic N) is 1. The van der Waals surface area contributed by atoms with Gasteiger partial charge < -0.3 is 28.7 Å². The van der Waals surface area contributed by atoms with Crippen molar-refractivity contribution >= 4 is 22.7 Å². The average molecular weight is 477 g/mol. The minimum Gasteiger partial charge on any atom is -0.497 e. The fourth-order valence-electron chi connectivity index (χ4n) is 3.58. The lowest BCUT2D eigenvalue weighted by molar-refractivity contribution is 0.102. The van der Waals surface area contributed by atoms with Crippen molar-refractivity contribution in [1.82, 2.24) is 4.98 Å². The Kier molecular flexibility index (Phi) is 7.40. The molecule has 0 spiro atoms. The molecule has 4 rings (SSSR count). The van der Waals surface area contributed by atoms with E-state index in [9.17, 15) is 4.79 Å². The van der Waals surface area contributed by atoms with Crippen LogP contribution in [0.3, 0.4) is 0 Å². The number of nitrogens with one attached hydrogen (secondary N) is 1. The van der Waals surface area contributed by atoms with Gasteiger partial charge in [0.1, 0.15) is 11.3 Å². The molecule has 1 amide bonds. The van der Waals surface area contributed by atoms with Gasteiger partial charge in [0.05, 0.1) is 26.9 Å². The molecule has 0 aliphatic heterocycles. The number of methoxy groups -OCH3 is 1. The van der Waals surface area contributed by atoms with Crippen LogP contribution in [0, 0.1) is 0 Å². The Hall–Kier alpha value is -4.20. The molecule has 0 fully saturated rings. The molecule has 1 N–H and O–H groups in total. The van der Waals surface area contributed by atoms with Crippen molar-refractivity contribution in [2.45, 2.75) is 20.8 Å². The normalized spacial score (nSPS) is 10.7. The summed E-state index contributed by atoms with van der Waals surface area (Å²) in [4.78, 5) is 17.6. The summed E-state index contributed by atoms with van der Waals surface area (Å²) < 4.78 is 28.2. The molecule has 0 aliphatic carbocycles. The Morgan fingerprint density at radius 2 is 1.54 bits per heavy atom.